The number of carbonyl (C=O) groups excluding carboxylic acids is 1. The van der Waals surface area contributed by atoms with E-state index in [1.165, 1.54) is 0 Å². The number of pyridine rings is 1. The molecule has 3 aromatic rings. The number of hydrogen-bond acceptors (Lipinski definition) is 5. The van der Waals surface area contributed by atoms with Gasteiger partial charge in [0.1, 0.15) is 5.82 Å². The fourth-order valence-electron chi connectivity index (χ4n) is 4.77. The van der Waals surface area contributed by atoms with Crippen molar-refractivity contribution in [1.82, 2.24) is 24.1 Å². The summed E-state index contributed by atoms with van der Waals surface area (Å²) in [5, 5.41) is 4.46. The Morgan fingerprint density at radius 3 is 2.68 bits per heavy atom. The maximum Gasteiger partial charge on any atom is 0.274 e. The molecular weight excluding hydrogens is 392 g/mol. The number of rotatable bonds is 4. The van der Waals surface area contributed by atoms with Crippen LogP contribution in [-0.4, -0.2) is 56.2 Å². The minimum atomic E-state index is -0.104. The summed E-state index contributed by atoms with van der Waals surface area (Å²) in [6, 6.07) is 7.47. The summed E-state index contributed by atoms with van der Waals surface area (Å²) in [4.78, 5) is 35.0. The van der Waals surface area contributed by atoms with Crippen LogP contribution in [0.5, 0.6) is 0 Å². The van der Waals surface area contributed by atoms with E-state index in [2.05, 4.69) is 14.4 Å². The molecule has 1 aliphatic carbocycles. The lowest BCUT2D eigenvalue weighted by Crippen LogP contribution is -2.44. The van der Waals surface area contributed by atoms with Crippen molar-refractivity contribution in [3.05, 3.63) is 58.5 Å². The quantitative estimate of drug-likeness (QED) is 0.651. The number of imidazole rings is 1. The highest BCUT2D eigenvalue weighted by Gasteiger charge is 2.33. The second-order valence-corrected chi connectivity index (χ2v) is 8.93. The maximum atomic E-state index is 13.5. The van der Waals surface area contributed by atoms with Gasteiger partial charge >= 0.3 is 0 Å². The average Bonchev–Trinajstić information content (AvgIpc) is 3.52. The number of amides is 1. The molecule has 8 nitrogen and oxygen atoms in total. The van der Waals surface area contributed by atoms with Crippen molar-refractivity contribution in [2.24, 2.45) is 0 Å². The molecule has 1 atom stereocenters. The van der Waals surface area contributed by atoms with Crippen LogP contribution in [0.25, 0.3) is 5.52 Å². The van der Waals surface area contributed by atoms with E-state index in [1.54, 1.807) is 16.9 Å². The van der Waals surface area contributed by atoms with E-state index in [0.717, 1.165) is 62.2 Å². The third-order valence-corrected chi connectivity index (χ3v) is 6.78. The Kier molecular flexibility index (Phi) is 4.33. The second kappa shape index (κ2) is 7.21. The van der Waals surface area contributed by atoms with Gasteiger partial charge in [-0.1, -0.05) is 6.07 Å². The zero-order chi connectivity index (χ0) is 20.9. The summed E-state index contributed by atoms with van der Waals surface area (Å²) in [7, 11) is 0. The van der Waals surface area contributed by atoms with E-state index in [4.69, 9.17) is 4.98 Å². The molecule has 0 bridgehead atoms. The molecule has 3 aromatic heterocycles. The highest BCUT2D eigenvalue weighted by atomic mass is 16.2. The Morgan fingerprint density at radius 1 is 1.06 bits per heavy atom. The van der Waals surface area contributed by atoms with Gasteiger partial charge in [-0.25, -0.2) is 9.67 Å². The highest BCUT2D eigenvalue weighted by Crippen LogP contribution is 2.40. The fourth-order valence-corrected chi connectivity index (χ4v) is 4.77. The highest BCUT2D eigenvalue weighted by molar-refractivity contribution is 5.99. The first-order chi connectivity index (χ1) is 15.2. The fraction of sp³-hybridized carbons (Fsp3) is 0.478. The van der Waals surface area contributed by atoms with Gasteiger partial charge in [-0.15, -0.1) is 0 Å². The van der Waals surface area contributed by atoms with Crippen LogP contribution in [0.2, 0.25) is 0 Å². The normalized spacial score (nSPS) is 21.4. The first kappa shape index (κ1) is 18.6. The van der Waals surface area contributed by atoms with E-state index >= 15 is 0 Å². The van der Waals surface area contributed by atoms with E-state index in [1.807, 2.05) is 29.3 Å². The zero-order valence-corrected chi connectivity index (χ0v) is 17.5. The largest absolute Gasteiger partial charge is 0.370 e. The molecule has 2 saturated heterocycles. The molecule has 31 heavy (non-hydrogen) atoms. The second-order valence-electron chi connectivity index (χ2n) is 8.93. The monoisotopic (exact) mass is 418 g/mol. The van der Waals surface area contributed by atoms with Gasteiger partial charge in [0.2, 0.25) is 0 Å². The molecule has 1 saturated carbocycles. The minimum Gasteiger partial charge on any atom is -0.370 e. The molecule has 3 fully saturated rings. The van der Waals surface area contributed by atoms with Crippen molar-refractivity contribution >= 4 is 17.1 Å². The van der Waals surface area contributed by atoms with Gasteiger partial charge in [0.25, 0.3) is 11.5 Å². The molecule has 0 radical (unpaired) electrons. The van der Waals surface area contributed by atoms with Gasteiger partial charge < -0.3 is 14.2 Å². The number of carbonyl (C=O) groups is 1. The van der Waals surface area contributed by atoms with Gasteiger partial charge in [-0.3, -0.25) is 9.59 Å². The van der Waals surface area contributed by atoms with Gasteiger partial charge in [0, 0.05) is 44.4 Å². The molecule has 160 valence electrons. The lowest BCUT2D eigenvalue weighted by Gasteiger charge is -2.34. The van der Waals surface area contributed by atoms with Crippen LogP contribution < -0.4 is 10.5 Å². The standard InChI is InChI=1S/C23H26N6O2/c30-20-13-18(26-10-4-11-26)14-24-29(20)17-5-3-9-27(15-17)23(31)21-19-6-1-2-12-28(19)22(25-21)16-7-8-16/h1-2,6,12-14,16-17H,3-5,7-11,15H2. The van der Waals surface area contributed by atoms with E-state index in [9.17, 15) is 9.59 Å². The first-order valence-corrected chi connectivity index (χ1v) is 11.3. The Morgan fingerprint density at radius 2 is 1.94 bits per heavy atom. The van der Waals surface area contributed by atoms with Gasteiger partial charge in [-0.05, 0) is 44.2 Å². The molecule has 8 heteroatoms. The molecule has 0 spiro atoms. The van der Waals surface area contributed by atoms with Gasteiger partial charge in [-0.2, -0.15) is 5.10 Å². The summed E-state index contributed by atoms with van der Waals surface area (Å²) >= 11 is 0. The number of nitrogens with zero attached hydrogens (tertiary/aromatic N) is 6. The molecule has 3 aliphatic rings. The smallest absolute Gasteiger partial charge is 0.274 e. The molecule has 5 heterocycles. The number of piperidine rings is 1. The van der Waals surface area contributed by atoms with Crippen molar-refractivity contribution in [1.29, 1.82) is 0 Å². The lowest BCUT2D eigenvalue weighted by molar-refractivity contribution is 0.0666. The predicted molar refractivity (Wildman–Crippen MR) is 117 cm³/mol. The van der Waals surface area contributed by atoms with Crippen LogP contribution in [-0.2, 0) is 0 Å². The Labute approximate surface area is 180 Å². The van der Waals surface area contributed by atoms with Crippen LogP contribution in [0.15, 0.2) is 41.5 Å². The summed E-state index contributed by atoms with van der Waals surface area (Å²) in [6.07, 6.45) is 8.90. The van der Waals surface area contributed by atoms with Gasteiger partial charge in [0.05, 0.1) is 23.4 Å². The van der Waals surface area contributed by atoms with Crippen LogP contribution >= 0.6 is 0 Å². The van der Waals surface area contributed by atoms with Crippen LogP contribution in [0.3, 0.4) is 0 Å². The van der Waals surface area contributed by atoms with Crippen LogP contribution in [0.1, 0.15) is 60.4 Å². The summed E-state index contributed by atoms with van der Waals surface area (Å²) in [5.74, 6) is 1.40. The Hall–Kier alpha value is -3.16. The number of likely N-dealkylation sites (tertiary alicyclic amines) is 1. The first-order valence-electron chi connectivity index (χ1n) is 11.3. The van der Waals surface area contributed by atoms with Crippen molar-refractivity contribution in [3.63, 3.8) is 0 Å². The third kappa shape index (κ3) is 3.21. The molecule has 6 rings (SSSR count). The van der Waals surface area contributed by atoms with Crippen molar-refractivity contribution in [2.45, 2.75) is 44.1 Å². The molecular formula is C23H26N6O2. The SMILES string of the molecule is O=C(c1nc(C2CC2)n2ccccc12)N1CCCC(n2ncc(N3CCC3)cc2=O)C1. The van der Waals surface area contributed by atoms with Crippen molar-refractivity contribution in [2.75, 3.05) is 31.1 Å². The minimum absolute atomic E-state index is 0.0504. The Balaban J connectivity index is 1.26. The van der Waals surface area contributed by atoms with Crippen LogP contribution in [0.4, 0.5) is 5.69 Å². The van der Waals surface area contributed by atoms with Crippen LogP contribution in [0, 0.1) is 0 Å². The Bertz CT molecular complexity index is 1210. The summed E-state index contributed by atoms with van der Waals surface area (Å²) < 4.78 is 3.62. The summed E-state index contributed by atoms with van der Waals surface area (Å²) in [6.45, 7) is 3.14. The maximum absolute atomic E-state index is 13.5. The third-order valence-electron chi connectivity index (χ3n) is 6.78. The van der Waals surface area contributed by atoms with Crippen molar-refractivity contribution in [3.8, 4) is 0 Å². The van der Waals surface area contributed by atoms with E-state index in [0.29, 0.717) is 24.7 Å². The number of hydrogen-bond donors (Lipinski definition) is 0. The molecule has 1 unspecified atom stereocenters. The lowest BCUT2D eigenvalue weighted by atomic mass is 10.1. The molecule has 2 aliphatic heterocycles. The van der Waals surface area contributed by atoms with E-state index < -0.39 is 0 Å². The molecule has 0 N–H and O–H groups in total. The average molecular weight is 419 g/mol. The predicted octanol–water partition coefficient (Wildman–Crippen LogP) is 2.46. The number of anilines is 1. The number of aromatic nitrogens is 4. The molecule has 0 aromatic carbocycles. The molecule has 1 amide bonds. The summed E-state index contributed by atoms with van der Waals surface area (Å²) in [5.41, 5.74) is 2.20. The number of fused-ring (bicyclic) bond motifs is 1. The van der Waals surface area contributed by atoms with E-state index in [-0.39, 0.29) is 17.5 Å². The van der Waals surface area contributed by atoms with Crippen molar-refractivity contribution < 1.29 is 4.79 Å². The topological polar surface area (TPSA) is 75.7 Å². The van der Waals surface area contributed by atoms with Gasteiger partial charge in [0.15, 0.2) is 5.69 Å². The zero-order valence-electron chi connectivity index (χ0n) is 17.5.